The predicted molar refractivity (Wildman–Crippen MR) is 129 cm³/mol. The van der Waals surface area contributed by atoms with Gasteiger partial charge in [-0.1, -0.05) is 6.07 Å². The van der Waals surface area contributed by atoms with E-state index in [4.69, 9.17) is 0 Å². The highest BCUT2D eigenvalue weighted by molar-refractivity contribution is 7.89. The lowest BCUT2D eigenvalue weighted by molar-refractivity contribution is -0.132. The van der Waals surface area contributed by atoms with Gasteiger partial charge in [0.25, 0.3) is 0 Å². The first-order valence-corrected chi connectivity index (χ1v) is 13.4. The van der Waals surface area contributed by atoms with Crippen LogP contribution in [0.4, 0.5) is 5.69 Å². The summed E-state index contributed by atoms with van der Waals surface area (Å²) in [6.07, 6.45) is 5.11. The molecular weight excluding hydrogens is 468 g/mol. The van der Waals surface area contributed by atoms with Gasteiger partial charge in [0.1, 0.15) is 5.82 Å². The van der Waals surface area contributed by atoms with Gasteiger partial charge >= 0.3 is 0 Å². The number of hydrogen-bond acceptors (Lipinski definition) is 6. The number of fused-ring (bicyclic) bond motifs is 1. The summed E-state index contributed by atoms with van der Waals surface area (Å²) in [5.74, 6) is 0.893. The van der Waals surface area contributed by atoms with Crippen molar-refractivity contribution in [2.45, 2.75) is 42.9 Å². The Morgan fingerprint density at radius 1 is 1.06 bits per heavy atom. The lowest BCUT2D eigenvalue weighted by Gasteiger charge is -2.32. The third-order valence-electron chi connectivity index (χ3n) is 6.64. The van der Waals surface area contributed by atoms with Crippen molar-refractivity contribution in [2.75, 3.05) is 31.1 Å². The number of nitrogens with one attached hydrogen (secondary N) is 1. The number of carbonyl (C=O) groups excluding carboxylic acids is 2. The van der Waals surface area contributed by atoms with E-state index in [2.05, 4.69) is 14.9 Å². The molecule has 1 aromatic carbocycles. The lowest BCUT2D eigenvalue weighted by atomic mass is 9.97. The van der Waals surface area contributed by atoms with E-state index in [-0.39, 0.29) is 35.6 Å². The molecule has 2 saturated heterocycles. The average Bonchev–Trinajstić information content (AvgIpc) is 3.50. The third-order valence-corrected chi connectivity index (χ3v) is 8.12. The quantitative estimate of drug-likeness (QED) is 0.534. The predicted octanol–water partition coefficient (Wildman–Crippen LogP) is 1.93. The van der Waals surface area contributed by atoms with Crippen LogP contribution >= 0.6 is 0 Å². The number of likely N-dealkylation sites (tertiary alicyclic amines) is 1. The summed E-state index contributed by atoms with van der Waals surface area (Å²) in [5.41, 5.74) is 1.47. The van der Waals surface area contributed by atoms with Crippen LogP contribution in [0, 0.1) is 0 Å². The standard InChI is InChI=1S/C24H28N6O4S/c31-22(28-14-3-5-18(17-28)24-27-26-21-6-1-2-15-30(21)24)12-13-25-35(33,34)20-10-8-19(9-11-20)29-16-4-7-23(29)32/h1-2,6,8-11,15,18,25H,3-5,7,12-14,16-17H2/t18-/m0/s1. The highest BCUT2D eigenvalue weighted by Gasteiger charge is 2.28. The molecule has 1 atom stereocenters. The van der Waals surface area contributed by atoms with Crippen molar-refractivity contribution in [1.29, 1.82) is 0 Å². The van der Waals surface area contributed by atoms with Gasteiger partial charge in [0, 0.05) is 56.8 Å². The summed E-state index contributed by atoms with van der Waals surface area (Å²) in [6, 6.07) is 12.0. The number of pyridine rings is 1. The Labute approximate surface area is 204 Å². The van der Waals surface area contributed by atoms with Crippen LogP contribution in [0.25, 0.3) is 5.65 Å². The highest BCUT2D eigenvalue weighted by Crippen LogP contribution is 2.26. The molecule has 1 N–H and O–H groups in total. The topological polar surface area (TPSA) is 117 Å². The van der Waals surface area contributed by atoms with Gasteiger partial charge in [0.05, 0.1) is 4.90 Å². The molecule has 0 bridgehead atoms. The zero-order valence-electron chi connectivity index (χ0n) is 19.3. The molecule has 10 nitrogen and oxygen atoms in total. The van der Waals surface area contributed by atoms with Gasteiger partial charge < -0.3 is 9.80 Å². The maximum atomic E-state index is 12.8. The molecule has 0 spiro atoms. The van der Waals surface area contributed by atoms with E-state index < -0.39 is 10.0 Å². The SMILES string of the molecule is O=C(CCNS(=O)(=O)c1ccc(N2CCCC2=O)cc1)N1CCC[C@H](c2nnc3ccccn23)C1. The van der Waals surface area contributed by atoms with E-state index in [1.165, 1.54) is 12.1 Å². The molecule has 0 radical (unpaired) electrons. The van der Waals surface area contributed by atoms with Crippen LogP contribution in [-0.2, 0) is 19.6 Å². The molecular formula is C24H28N6O4S. The monoisotopic (exact) mass is 496 g/mol. The van der Waals surface area contributed by atoms with Crippen molar-refractivity contribution in [1.82, 2.24) is 24.2 Å². The summed E-state index contributed by atoms with van der Waals surface area (Å²) in [7, 11) is -3.76. The van der Waals surface area contributed by atoms with Gasteiger partial charge in [-0.15, -0.1) is 10.2 Å². The molecule has 2 amide bonds. The molecule has 5 rings (SSSR count). The fourth-order valence-electron chi connectivity index (χ4n) is 4.81. The molecule has 0 saturated carbocycles. The first kappa shape index (κ1) is 23.4. The first-order valence-electron chi connectivity index (χ1n) is 11.9. The minimum absolute atomic E-state index is 0.0164. The number of anilines is 1. The van der Waals surface area contributed by atoms with Gasteiger partial charge in [-0.25, -0.2) is 13.1 Å². The fraction of sp³-hybridized carbons (Fsp3) is 0.417. The maximum absolute atomic E-state index is 12.8. The molecule has 184 valence electrons. The Balaban J connectivity index is 1.16. The number of carbonyl (C=O) groups is 2. The molecule has 2 aromatic heterocycles. The number of piperidine rings is 1. The zero-order valence-corrected chi connectivity index (χ0v) is 20.2. The Morgan fingerprint density at radius 3 is 2.66 bits per heavy atom. The number of hydrogen-bond donors (Lipinski definition) is 1. The number of amides is 2. The van der Waals surface area contributed by atoms with Crippen LogP contribution < -0.4 is 9.62 Å². The second kappa shape index (κ2) is 9.74. The number of rotatable bonds is 7. The number of aromatic nitrogens is 3. The van der Waals surface area contributed by atoms with Crippen molar-refractivity contribution in [3.05, 3.63) is 54.5 Å². The summed E-state index contributed by atoms with van der Waals surface area (Å²) < 4.78 is 29.8. The normalized spacial score (nSPS) is 19.0. The van der Waals surface area contributed by atoms with E-state index in [0.29, 0.717) is 31.7 Å². The summed E-state index contributed by atoms with van der Waals surface area (Å²) in [5, 5.41) is 8.55. The minimum Gasteiger partial charge on any atom is -0.342 e. The van der Waals surface area contributed by atoms with Crippen LogP contribution in [0.2, 0.25) is 0 Å². The molecule has 35 heavy (non-hydrogen) atoms. The van der Waals surface area contributed by atoms with Crippen molar-refractivity contribution < 1.29 is 18.0 Å². The second-order valence-electron chi connectivity index (χ2n) is 8.96. The molecule has 2 aliphatic heterocycles. The van der Waals surface area contributed by atoms with Crippen LogP contribution in [-0.4, -0.2) is 65.9 Å². The largest absolute Gasteiger partial charge is 0.342 e. The summed E-state index contributed by atoms with van der Waals surface area (Å²) in [4.78, 5) is 28.3. The van der Waals surface area contributed by atoms with E-state index in [9.17, 15) is 18.0 Å². The molecule has 11 heteroatoms. The van der Waals surface area contributed by atoms with Crippen molar-refractivity contribution in [3.8, 4) is 0 Å². The first-order chi connectivity index (χ1) is 16.9. The Morgan fingerprint density at radius 2 is 1.89 bits per heavy atom. The van der Waals surface area contributed by atoms with Gasteiger partial charge in [0.15, 0.2) is 5.65 Å². The van der Waals surface area contributed by atoms with Crippen molar-refractivity contribution in [2.24, 2.45) is 0 Å². The molecule has 4 heterocycles. The molecule has 0 aliphatic carbocycles. The van der Waals surface area contributed by atoms with Crippen LogP contribution in [0.1, 0.15) is 43.8 Å². The van der Waals surface area contributed by atoms with Gasteiger partial charge in [-0.05, 0) is 55.7 Å². The number of nitrogens with zero attached hydrogens (tertiary/aromatic N) is 5. The smallest absolute Gasteiger partial charge is 0.240 e. The van der Waals surface area contributed by atoms with Crippen molar-refractivity contribution >= 4 is 33.2 Å². The van der Waals surface area contributed by atoms with Gasteiger partial charge in [-0.3, -0.25) is 14.0 Å². The van der Waals surface area contributed by atoms with Gasteiger partial charge in [0.2, 0.25) is 21.8 Å². The molecule has 3 aromatic rings. The Bertz CT molecular complexity index is 1340. The highest BCUT2D eigenvalue weighted by atomic mass is 32.2. The van der Waals surface area contributed by atoms with Crippen LogP contribution in [0.3, 0.4) is 0 Å². The van der Waals surface area contributed by atoms with Crippen LogP contribution in [0.5, 0.6) is 0 Å². The number of sulfonamides is 1. The zero-order chi connectivity index (χ0) is 24.4. The maximum Gasteiger partial charge on any atom is 0.240 e. The molecule has 2 aliphatic rings. The van der Waals surface area contributed by atoms with Crippen molar-refractivity contribution in [3.63, 3.8) is 0 Å². The van der Waals surface area contributed by atoms with E-state index in [1.54, 1.807) is 21.9 Å². The molecule has 0 unspecified atom stereocenters. The van der Waals surface area contributed by atoms with Gasteiger partial charge in [-0.2, -0.15) is 0 Å². The number of benzene rings is 1. The average molecular weight is 497 g/mol. The summed E-state index contributed by atoms with van der Waals surface area (Å²) >= 11 is 0. The second-order valence-corrected chi connectivity index (χ2v) is 10.7. The van der Waals surface area contributed by atoms with Crippen LogP contribution in [0.15, 0.2) is 53.6 Å². The third kappa shape index (κ3) is 4.92. The van der Waals surface area contributed by atoms with E-state index >= 15 is 0 Å². The Hall–Kier alpha value is -3.31. The minimum atomic E-state index is -3.76. The lowest BCUT2D eigenvalue weighted by Crippen LogP contribution is -2.41. The summed E-state index contributed by atoms with van der Waals surface area (Å²) in [6.45, 7) is 1.85. The Kier molecular flexibility index (Phi) is 6.52. The molecule has 2 fully saturated rings. The fourth-order valence-corrected chi connectivity index (χ4v) is 5.84. The van der Waals surface area contributed by atoms with E-state index in [1.807, 2.05) is 28.8 Å². The van der Waals surface area contributed by atoms with E-state index in [0.717, 1.165) is 30.7 Å².